The average molecular weight is 594 g/mol. The maximum absolute atomic E-state index is 13.2. The van der Waals surface area contributed by atoms with Crippen LogP contribution >= 0.6 is 0 Å². The molecular formula is C32H39N3O8. The molecule has 1 unspecified atom stereocenters. The maximum Gasteiger partial charge on any atom is 0.328 e. The first-order valence-electron chi connectivity index (χ1n) is 14.7. The SMILES string of the molecule is C[C@H](NC(=O)[C@@]1(C)OC2CCCC[C@H]2NC1=O)C(=O)N[C@H](CCC(=O)OCc1ccccc1)C(=O)OCc1ccccc1. The Balaban J connectivity index is 1.35. The summed E-state index contributed by atoms with van der Waals surface area (Å²) in [6.07, 6.45) is 2.91. The van der Waals surface area contributed by atoms with Crippen LogP contribution in [0.25, 0.3) is 0 Å². The Morgan fingerprint density at radius 1 is 0.930 bits per heavy atom. The van der Waals surface area contributed by atoms with Gasteiger partial charge in [-0.1, -0.05) is 73.5 Å². The lowest BCUT2D eigenvalue weighted by atomic mass is 9.88. The summed E-state index contributed by atoms with van der Waals surface area (Å²) >= 11 is 0. The second-order valence-corrected chi connectivity index (χ2v) is 11.1. The van der Waals surface area contributed by atoms with Crippen molar-refractivity contribution in [2.45, 2.75) is 95.4 Å². The van der Waals surface area contributed by atoms with E-state index in [1.807, 2.05) is 36.4 Å². The molecule has 4 rings (SSSR count). The summed E-state index contributed by atoms with van der Waals surface area (Å²) in [5.74, 6) is -3.30. The van der Waals surface area contributed by atoms with E-state index in [4.69, 9.17) is 14.2 Å². The quantitative estimate of drug-likeness (QED) is 0.251. The molecule has 1 aliphatic carbocycles. The number of hydrogen-bond donors (Lipinski definition) is 3. The van der Waals surface area contributed by atoms with Crippen molar-refractivity contribution in [3.63, 3.8) is 0 Å². The van der Waals surface area contributed by atoms with Gasteiger partial charge in [0.2, 0.25) is 11.5 Å². The van der Waals surface area contributed by atoms with Crippen molar-refractivity contribution in [3.8, 4) is 0 Å². The van der Waals surface area contributed by atoms with Gasteiger partial charge < -0.3 is 30.2 Å². The molecule has 1 aliphatic heterocycles. The third kappa shape index (κ3) is 8.63. The second kappa shape index (κ2) is 14.8. The van der Waals surface area contributed by atoms with Gasteiger partial charge in [0.1, 0.15) is 25.3 Å². The van der Waals surface area contributed by atoms with Crippen LogP contribution in [0.4, 0.5) is 0 Å². The number of esters is 2. The van der Waals surface area contributed by atoms with Gasteiger partial charge in [0.15, 0.2) is 0 Å². The number of amides is 3. The molecule has 1 saturated heterocycles. The van der Waals surface area contributed by atoms with Crippen molar-refractivity contribution in [3.05, 3.63) is 71.8 Å². The monoisotopic (exact) mass is 593 g/mol. The third-order valence-electron chi connectivity index (χ3n) is 7.72. The molecule has 0 bridgehead atoms. The summed E-state index contributed by atoms with van der Waals surface area (Å²) in [6, 6.07) is 15.7. The Labute approximate surface area is 251 Å². The zero-order valence-electron chi connectivity index (χ0n) is 24.5. The molecule has 43 heavy (non-hydrogen) atoms. The number of nitrogens with one attached hydrogen (secondary N) is 3. The van der Waals surface area contributed by atoms with E-state index in [-0.39, 0.29) is 38.2 Å². The molecule has 230 valence electrons. The van der Waals surface area contributed by atoms with E-state index < -0.39 is 47.3 Å². The summed E-state index contributed by atoms with van der Waals surface area (Å²) in [4.78, 5) is 64.6. The number of ether oxygens (including phenoxy) is 3. The van der Waals surface area contributed by atoms with E-state index in [1.165, 1.54) is 13.8 Å². The highest BCUT2D eigenvalue weighted by molar-refractivity contribution is 6.09. The number of benzene rings is 2. The maximum atomic E-state index is 13.2. The van der Waals surface area contributed by atoms with Crippen LogP contribution in [0, 0.1) is 0 Å². The van der Waals surface area contributed by atoms with Crippen molar-refractivity contribution < 1.29 is 38.2 Å². The standard InChI is InChI=1S/C32H39N3O8/c1-21(33-30(39)32(2)31(40)35-24-15-9-10-16-26(24)43-32)28(37)34-25(29(38)42-20-23-13-7-4-8-14-23)17-18-27(36)41-19-22-11-5-3-6-12-22/h3-8,11-14,21,24-26H,9-10,15-20H2,1-2H3,(H,33,39)(H,34,37)(H,35,40)/t21-,24+,25+,26?,32+/m0/s1. The van der Waals surface area contributed by atoms with E-state index in [9.17, 15) is 24.0 Å². The van der Waals surface area contributed by atoms with Gasteiger partial charge in [-0.2, -0.15) is 0 Å². The van der Waals surface area contributed by atoms with Crippen LogP contribution in [0.5, 0.6) is 0 Å². The van der Waals surface area contributed by atoms with Crippen molar-refractivity contribution in [1.82, 2.24) is 16.0 Å². The van der Waals surface area contributed by atoms with E-state index in [2.05, 4.69) is 16.0 Å². The van der Waals surface area contributed by atoms with E-state index in [0.717, 1.165) is 36.8 Å². The first-order valence-corrected chi connectivity index (χ1v) is 14.7. The highest BCUT2D eigenvalue weighted by Crippen LogP contribution is 2.30. The molecule has 1 heterocycles. The highest BCUT2D eigenvalue weighted by Gasteiger charge is 2.51. The van der Waals surface area contributed by atoms with Gasteiger partial charge in [-0.25, -0.2) is 4.79 Å². The van der Waals surface area contributed by atoms with Crippen LogP contribution in [0.1, 0.15) is 63.5 Å². The first-order chi connectivity index (χ1) is 20.7. The number of morpholine rings is 1. The minimum atomic E-state index is -1.80. The lowest BCUT2D eigenvalue weighted by molar-refractivity contribution is -0.182. The van der Waals surface area contributed by atoms with Gasteiger partial charge >= 0.3 is 11.9 Å². The van der Waals surface area contributed by atoms with Crippen LogP contribution in [0.15, 0.2) is 60.7 Å². The van der Waals surface area contributed by atoms with Crippen molar-refractivity contribution >= 4 is 29.7 Å². The van der Waals surface area contributed by atoms with Crippen molar-refractivity contribution in [1.29, 1.82) is 0 Å². The summed E-state index contributed by atoms with van der Waals surface area (Å²) in [7, 11) is 0. The van der Waals surface area contributed by atoms with Crippen LogP contribution in [-0.2, 0) is 51.4 Å². The molecule has 11 nitrogen and oxygen atoms in total. The Hall–Kier alpha value is -4.25. The van der Waals surface area contributed by atoms with Gasteiger partial charge in [-0.3, -0.25) is 19.2 Å². The largest absolute Gasteiger partial charge is 0.461 e. The normalized spacial score (nSPS) is 22.6. The zero-order valence-corrected chi connectivity index (χ0v) is 24.5. The van der Waals surface area contributed by atoms with Crippen LogP contribution in [0.2, 0.25) is 0 Å². The Morgan fingerprint density at radius 2 is 1.53 bits per heavy atom. The molecule has 2 aromatic carbocycles. The molecule has 0 spiro atoms. The second-order valence-electron chi connectivity index (χ2n) is 11.1. The minimum Gasteiger partial charge on any atom is -0.461 e. The fraction of sp³-hybridized carbons (Fsp3) is 0.469. The van der Waals surface area contributed by atoms with Crippen molar-refractivity contribution in [2.24, 2.45) is 0 Å². The smallest absolute Gasteiger partial charge is 0.328 e. The molecule has 2 aromatic rings. The van der Waals surface area contributed by atoms with E-state index in [1.54, 1.807) is 24.3 Å². The van der Waals surface area contributed by atoms with Crippen LogP contribution < -0.4 is 16.0 Å². The van der Waals surface area contributed by atoms with Gasteiger partial charge in [-0.15, -0.1) is 0 Å². The molecule has 0 aromatic heterocycles. The third-order valence-corrected chi connectivity index (χ3v) is 7.72. The van der Waals surface area contributed by atoms with Crippen LogP contribution in [-0.4, -0.2) is 59.5 Å². The van der Waals surface area contributed by atoms with Crippen molar-refractivity contribution in [2.75, 3.05) is 0 Å². The van der Waals surface area contributed by atoms with Crippen LogP contribution in [0.3, 0.4) is 0 Å². The van der Waals surface area contributed by atoms with Gasteiger partial charge in [0, 0.05) is 6.42 Å². The van der Waals surface area contributed by atoms with Gasteiger partial charge in [0.25, 0.3) is 11.8 Å². The van der Waals surface area contributed by atoms with E-state index in [0.29, 0.717) is 0 Å². The number of carbonyl (C=O) groups excluding carboxylic acids is 5. The summed E-state index contributed by atoms with van der Waals surface area (Å²) in [5, 5.41) is 8.01. The fourth-order valence-corrected chi connectivity index (χ4v) is 5.07. The average Bonchev–Trinajstić information content (AvgIpc) is 3.02. The fourth-order valence-electron chi connectivity index (χ4n) is 5.07. The molecule has 3 amide bonds. The highest BCUT2D eigenvalue weighted by atomic mass is 16.5. The van der Waals surface area contributed by atoms with Gasteiger partial charge in [-0.05, 0) is 44.2 Å². The molecule has 0 radical (unpaired) electrons. The molecule has 2 aliphatic rings. The molecular weight excluding hydrogens is 554 g/mol. The predicted molar refractivity (Wildman–Crippen MR) is 155 cm³/mol. The summed E-state index contributed by atoms with van der Waals surface area (Å²) in [5.41, 5.74) is -0.234. The molecule has 3 N–H and O–H groups in total. The number of rotatable bonds is 12. The molecule has 1 saturated carbocycles. The Kier molecular flexibility index (Phi) is 10.9. The predicted octanol–water partition coefficient (Wildman–Crippen LogP) is 2.46. The molecule has 5 atom stereocenters. The van der Waals surface area contributed by atoms with Gasteiger partial charge in [0.05, 0.1) is 12.1 Å². The lowest BCUT2D eigenvalue weighted by Gasteiger charge is -2.43. The Morgan fingerprint density at radius 3 is 2.19 bits per heavy atom. The Bertz CT molecular complexity index is 1290. The number of fused-ring (bicyclic) bond motifs is 1. The summed E-state index contributed by atoms with van der Waals surface area (Å²) in [6.45, 7) is 2.87. The number of hydrogen-bond acceptors (Lipinski definition) is 8. The topological polar surface area (TPSA) is 149 Å². The molecule has 2 fully saturated rings. The summed E-state index contributed by atoms with van der Waals surface area (Å²) < 4.78 is 16.7. The minimum absolute atomic E-state index is 0.0241. The molecule has 11 heteroatoms. The number of carbonyl (C=O) groups is 5. The zero-order chi connectivity index (χ0) is 30.8. The first kappa shape index (κ1) is 31.7. The lowest BCUT2D eigenvalue weighted by Crippen LogP contribution is -2.68. The van der Waals surface area contributed by atoms with E-state index >= 15 is 0 Å².